The Morgan fingerprint density at radius 1 is 1.21 bits per heavy atom. The molecule has 28 heavy (non-hydrogen) atoms. The molecule has 3 rings (SSSR count). The Labute approximate surface area is 166 Å². The Bertz CT molecular complexity index is 839. The van der Waals surface area contributed by atoms with E-state index in [0.29, 0.717) is 25.3 Å². The summed E-state index contributed by atoms with van der Waals surface area (Å²) in [5.74, 6) is -0.147. The van der Waals surface area contributed by atoms with E-state index in [1.54, 1.807) is 4.90 Å². The highest BCUT2D eigenvalue weighted by Crippen LogP contribution is 2.20. The molecule has 6 nitrogen and oxygen atoms in total. The highest BCUT2D eigenvalue weighted by atomic mass is 16.2. The van der Waals surface area contributed by atoms with Crippen LogP contribution in [0, 0.1) is 19.8 Å². The minimum atomic E-state index is -0.157. The number of hydrogen-bond donors (Lipinski definition) is 2. The van der Waals surface area contributed by atoms with Gasteiger partial charge in [0, 0.05) is 45.1 Å². The summed E-state index contributed by atoms with van der Waals surface area (Å²) >= 11 is 0. The van der Waals surface area contributed by atoms with Crippen molar-refractivity contribution in [3.05, 3.63) is 52.8 Å². The third-order valence-electron chi connectivity index (χ3n) is 5.36. The van der Waals surface area contributed by atoms with Crippen LogP contribution < -0.4 is 10.2 Å². The number of likely N-dealkylation sites (tertiary alicyclic amines) is 1. The summed E-state index contributed by atoms with van der Waals surface area (Å²) in [6.45, 7) is 5.56. The van der Waals surface area contributed by atoms with E-state index in [-0.39, 0.29) is 17.7 Å². The van der Waals surface area contributed by atoms with Gasteiger partial charge in [0.05, 0.1) is 5.92 Å². The molecule has 0 spiro atoms. The Morgan fingerprint density at radius 2 is 1.93 bits per heavy atom. The van der Waals surface area contributed by atoms with E-state index in [1.807, 2.05) is 63.2 Å². The van der Waals surface area contributed by atoms with Gasteiger partial charge in [-0.15, -0.1) is 0 Å². The maximum Gasteiger partial charge on any atom is 0.270 e. The number of nitrogens with zero attached hydrogens (tertiary/aromatic N) is 2. The van der Waals surface area contributed by atoms with Crippen molar-refractivity contribution >= 4 is 17.5 Å². The Morgan fingerprint density at radius 3 is 2.54 bits per heavy atom. The van der Waals surface area contributed by atoms with Crippen molar-refractivity contribution in [3.63, 3.8) is 0 Å². The van der Waals surface area contributed by atoms with Crippen molar-refractivity contribution in [1.29, 1.82) is 0 Å². The van der Waals surface area contributed by atoms with Gasteiger partial charge in [0.2, 0.25) is 5.91 Å². The summed E-state index contributed by atoms with van der Waals surface area (Å²) < 4.78 is 0. The van der Waals surface area contributed by atoms with Crippen LogP contribution in [0.4, 0.5) is 5.69 Å². The molecular weight excluding hydrogens is 352 g/mol. The molecule has 1 saturated heterocycles. The number of hydrogen-bond acceptors (Lipinski definition) is 3. The van der Waals surface area contributed by atoms with Gasteiger partial charge >= 0.3 is 0 Å². The smallest absolute Gasteiger partial charge is 0.270 e. The molecule has 0 unspecified atom stereocenters. The topological polar surface area (TPSA) is 68.4 Å². The van der Waals surface area contributed by atoms with Crippen LogP contribution in [0.3, 0.4) is 0 Å². The number of rotatable bonds is 5. The van der Waals surface area contributed by atoms with E-state index in [0.717, 1.165) is 35.3 Å². The number of H-pyrrole nitrogens is 1. The van der Waals surface area contributed by atoms with Gasteiger partial charge < -0.3 is 20.1 Å². The predicted octanol–water partition coefficient (Wildman–Crippen LogP) is 2.87. The fourth-order valence-electron chi connectivity index (χ4n) is 3.73. The van der Waals surface area contributed by atoms with Gasteiger partial charge in [0.1, 0.15) is 5.69 Å². The van der Waals surface area contributed by atoms with Crippen molar-refractivity contribution in [2.45, 2.75) is 33.2 Å². The van der Waals surface area contributed by atoms with Crippen LogP contribution in [-0.2, 0) is 11.3 Å². The van der Waals surface area contributed by atoms with Gasteiger partial charge in [-0.2, -0.15) is 0 Å². The Balaban J connectivity index is 1.56. The van der Waals surface area contributed by atoms with Crippen LogP contribution in [0.25, 0.3) is 0 Å². The molecule has 6 heteroatoms. The summed E-state index contributed by atoms with van der Waals surface area (Å²) in [5.41, 5.74) is 4.77. The number of aromatic nitrogens is 1. The molecule has 1 atom stereocenters. The summed E-state index contributed by atoms with van der Waals surface area (Å²) in [4.78, 5) is 32.5. The molecule has 0 aliphatic carbocycles. The second-order valence-electron chi connectivity index (χ2n) is 7.88. The zero-order valence-electron chi connectivity index (χ0n) is 17.2. The minimum absolute atomic E-state index is 0.0117. The number of aryl methyl sites for hydroxylation is 2. The third-order valence-corrected chi connectivity index (χ3v) is 5.36. The van der Waals surface area contributed by atoms with Crippen molar-refractivity contribution in [3.8, 4) is 0 Å². The number of anilines is 1. The lowest BCUT2D eigenvalue weighted by molar-refractivity contribution is -0.126. The van der Waals surface area contributed by atoms with E-state index in [9.17, 15) is 9.59 Å². The molecule has 2 amide bonds. The predicted molar refractivity (Wildman–Crippen MR) is 112 cm³/mol. The molecule has 1 aromatic heterocycles. The van der Waals surface area contributed by atoms with Gasteiger partial charge in [-0.05, 0) is 56.0 Å². The van der Waals surface area contributed by atoms with E-state index >= 15 is 0 Å². The number of amides is 2. The maximum absolute atomic E-state index is 12.8. The van der Waals surface area contributed by atoms with Gasteiger partial charge in [0.25, 0.3) is 5.91 Å². The highest BCUT2D eigenvalue weighted by molar-refractivity contribution is 5.94. The largest absolute Gasteiger partial charge is 0.378 e. The number of piperidine rings is 1. The van der Waals surface area contributed by atoms with Crippen LogP contribution in [0.15, 0.2) is 30.3 Å². The third kappa shape index (κ3) is 4.55. The molecule has 1 fully saturated rings. The molecule has 0 bridgehead atoms. The average Bonchev–Trinajstić information content (AvgIpc) is 3.04. The molecule has 1 aliphatic heterocycles. The van der Waals surface area contributed by atoms with Gasteiger partial charge in [-0.25, -0.2) is 0 Å². The Kier molecular flexibility index (Phi) is 6.07. The molecular formula is C22H30N4O2. The van der Waals surface area contributed by atoms with E-state index in [4.69, 9.17) is 0 Å². The number of carbonyl (C=O) groups is 2. The van der Waals surface area contributed by atoms with Crippen molar-refractivity contribution in [1.82, 2.24) is 15.2 Å². The van der Waals surface area contributed by atoms with Gasteiger partial charge in [-0.3, -0.25) is 9.59 Å². The van der Waals surface area contributed by atoms with Gasteiger partial charge in [0.15, 0.2) is 0 Å². The van der Waals surface area contributed by atoms with Crippen LogP contribution in [0.1, 0.15) is 40.2 Å². The first kappa shape index (κ1) is 20.0. The van der Waals surface area contributed by atoms with Crippen LogP contribution in [-0.4, -0.2) is 48.9 Å². The maximum atomic E-state index is 12.8. The Hall–Kier alpha value is -2.76. The number of carbonyl (C=O) groups excluding carboxylic acids is 2. The fourth-order valence-corrected chi connectivity index (χ4v) is 3.73. The van der Waals surface area contributed by atoms with Crippen molar-refractivity contribution < 1.29 is 9.59 Å². The molecule has 1 aromatic carbocycles. The monoisotopic (exact) mass is 382 g/mol. The summed E-state index contributed by atoms with van der Waals surface area (Å²) in [6, 6.07) is 10.1. The first-order valence-corrected chi connectivity index (χ1v) is 9.84. The second-order valence-corrected chi connectivity index (χ2v) is 7.88. The molecule has 2 aromatic rings. The molecule has 1 aliphatic rings. The second kappa shape index (κ2) is 8.50. The standard InChI is InChI=1S/C22H30N4O2/c1-15-12-16(2)24-20(15)22(28)26-11-5-6-18(14-26)21(27)23-13-17-7-9-19(10-8-17)25(3)4/h7-10,12,18,24H,5-6,11,13-14H2,1-4H3,(H,23,27)/t18-/m0/s1. The first-order chi connectivity index (χ1) is 13.3. The van der Waals surface area contributed by atoms with Gasteiger partial charge in [-0.1, -0.05) is 12.1 Å². The molecule has 2 N–H and O–H groups in total. The minimum Gasteiger partial charge on any atom is -0.378 e. The quantitative estimate of drug-likeness (QED) is 0.836. The number of aromatic amines is 1. The van der Waals surface area contributed by atoms with E-state index < -0.39 is 0 Å². The summed E-state index contributed by atoms with van der Waals surface area (Å²) in [7, 11) is 4.01. The first-order valence-electron chi connectivity index (χ1n) is 9.84. The molecule has 2 heterocycles. The summed E-state index contributed by atoms with van der Waals surface area (Å²) in [5, 5.41) is 3.03. The van der Waals surface area contributed by atoms with Crippen LogP contribution in [0.2, 0.25) is 0 Å². The highest BCUT2D eigenvalue weighted by Gasteiger charge is 2.29. The van der Waals surface area contributed by atoms with Crippen LogP contribution >= 0.6 is 0 Å². The van der Waals surface area contributed by atoms with Crippen molar-refractivity contribution in [2.24, 2.45) is 5.92 Å². The van der Waals surface area contributed by atoms with E-state index in [2.05, 4.69) is 10.3 Å². The zero-order valence-corrected chi connectivity index (χ0v) is 17.2. The lowest BCUT2D eigenvalue weighted by Gasteiger charge is -2.32. The molecule has 0 radical (unpaired) electrons. The lowest BCUT2D eigenvalue weighted by Crippen LogP contribution is -2.45. The normalized spacial score (nSPS) is 16.7. The lowest BCUT2D eigenvalue weighted by atomic mass is 9.96. The van der Waals surface area contributed by atoms with Crippen molar-refractivity contribution in [2.75, 3.05) is 32.1 Å². The zero-order chi connectivity index (χ0) is 20.3. The molecule has 150 valence electrons. The fraction of sp³-hybridized carbons (Fsp3) is 0.455. The summed E-state index contributed by atoms with van der Waals surface area (Å²) in [6.07, 6.45) is 1.66. The van der Waals surface area contributed by atoms with Crippen LogP contribution in [0.5, 0.6) is 0 Å². The molecule has 0 saturated carbocycles. The van der Waals surface area contributed by atoms with E-state index in [1.165, 1.54) is 0 Å². The average molecular weight is 383 g/mol. The number of benzene rings is 1. The number of nitrogens with one attached hydrogen (secondary N) is 2. The SMILES string of the molecule is Cc1cc(C)c(C(=O)N2CCC[C@H](C(=O)NCc3ccc(N(C)C)cc3)C2)[nH]1.